The molecule has 1 aliphatic carbocycles. The van der Waals surface area contributed by atoms with Crippen LogP contribution in [0.3, 0.4) is 0 Å². The standard InChI is InChI=1S/C15H18FN3/c1-9(10-3-4-10)14-13(15(17)19(2)18-14)11-5-7-12(16)8-6-11/h5-10H,3-4,17H2,1-2H3. The van der Waals surface area contributed by atoms with Gasteiger partial charge in [0.1, 0.15) is 11.6 Å². The topological polar surface area (TPSA) is 43.8 Å². The van der Waals surface area contributed by atoms with Gasteiger partial charge in [0.25, 0.3) is 0 Å². The van der Waals surface area contributed by atoms with Crippen molar-refractivity contribution in [3.05, 3.63) is 35.8 Å². The third-order valence-corrected chi connectivity index (χ3v) is 4.01. The Balaban J connectivity index is 2.10. The molecule has 19 heavy (non-hydrogen) atoms. The average molecular weight is 259 g/mol. The second-order valence-electron chi connectivity index (χ2n) is 5.40. The summed E-state index contributed by atoms with van der Waals surface area (Å²) in [5.41, 5.74) is 9.07. The Morgan fingerprint density at radius 3 is 2.53 bits per heavy atom. The van der Waals surface area contributed by atoms with Gasteiger partial charge in [0, 0.05) is 18.5 Å². The van der Waals surface area contributed by atoms with Crippen LogP contribution in [-0.4, -0.2) is 9.78 Å². The number of hydrogen-bond donors (Lipinski definition) is 1. The van der Waals surface area contributed by atoms with Crippen LogP contribution in [0, 0.1) is 11.7 Å². The third-order valence-electron chi connectivity index (χ3n) is 4.01. The molecule has 4 heteroatoms. The van der Waals surface area contributed by atoms with Gasteiger partial charge in [0.15, 0.2) is 0 Å². The Labute approximate surface area is 112 Å². The van der Waals surface area contributed by atoms with Gasteiger partial charge in [-0.15, -0.1) is 0 Å². The van der Waals surface area contributed by atoms with E-state index in [2.05, 4.69) is 12.0 Å². The monoisotopic (exact) mass is 259 g/mol. The molecule has 1 aromatic heterocycles. The SMILES string of the molecule is CC(c1nn(C)c(N)c1-c1ccc(F)cc1)C1CC1. The fraction of sp³-hybridized carbons (Fsp3) is 0.400. The van der Waals surface area contributed by atoms with Crippen molar-refractivity contribution in [2.45, 2.75) is 25.7 Å². The van der Waals surface area contributed by atoms with E-state index in [0.717, 1.165) is 16.8 Å². The van der Waals surface area contributed by atoms with Crippen LogP contribution in [0.5, 0.6) is 0 Å². The van der Waals surface area contributed by atoms with Crippen molar-refractivity contribution in [2.24, 2.45) is 13.0 Å². The zero-order chi connectivity index (χ0) is 13.6. The van der Waals surface area contributed by atoms with Crippen molar-refractivity contribution in [1.29, 1.82) is 0 Å². The van der Waals surface area contributed by atoms with E-state index in [1.807, 2.05) is 7.05 Å². The van der Waals surface area contributed by atoms with Gasteiger partial charge in [0.2, 0.25) is 0 Å². The Hall–Kier alpha value is -1.84. The minimum Gasteiger partial charge on any atom is -0.383 e. The smallest absolute Gasteiger partial charge is 0.129 e. The van der Waals surface area contributed by atoms with Crippen molar-refractivity contribution in [3.63, 3.8) is 0 Å². The molecule has 0 amide bonds. The number of aromatic nitrogens is 2. The van der Waals surface area contributed by atoms with Crippen molar-refractivity contribution in [3.8, 4) is 11.1 Å². The molecule has 1 aliphatic rings. The maximum Gasteiger partial charge on any atom is 0.129 e. The summed E-state index contributed by atoms with van der Waals surface area (Å²) in [6, 6.07) is 6.47. The van der Waals surface area contributed by atoms with Crippen molar-refractivity contribution >= 4 is 5.82 Å². The number of anilines is 1. The molecule has 1 aromatic carbocycles. The second-order valence-corrected chi connectivity index (χ2v) is 5.40. The fourth-order valence-corrected chi connectivity index (χ4v) is 2.61. The highest BCUT2D eigenvalue weighted by Gasteiger charge is 2.33. The molecule has 1 unspecified atom stereocenters. The van der Waals surface area contributed by atoms with Gasteiger partial charge >= 0.3 is 0 Å². The summed E-state index contributed by atoms with van der Waals surface area (Å²) in [5, 5.41) is 4.57. The van der Waals surface area contributed by atoms with E-state index in [1.54, 1.807) is 16.8 Å². The number of nitrogens with two attached hydrogens (primary N) is 1. The van der Waals surface area contributed by atoms with Gasteiger partial charge in [-0.2, -0.15) is 5.10 Å². The van der Waals surface area contributed by atoms with Gasteiger partial charge in [-0.1, -0.05) is 19.1 Å². The van der Waals surface area contributed by atoms with Gasteiger partial charge in [-0.3, -0.25) is 4.68 Å². The van der Waals surface area contributed by atoms with E-state index < -0.39 is 0 Å². The quantitative estimate of drug-likeness (QED) is 0.918. The molecule has 3 nitrogen and oxygen atoms in total. The van der Waals surface area contributed by atoms with Crippen LogP contribution in [0.4, 0.5) is 10.2 Å². The fourth-order valence-electron chi connectivity index (χ4n) is 2.61. The summed E-state index contributed by atoms with van der Waals surface area (Å²) in [6.45, 7) is 2.20. The van der Waals surface area contributed by atoms with Crippen LogP contribution in [0.15, 0.2) is 24.3 Å². The molecule has 0 bridgehead atoms. The van der Waals surface area contributed by atoms with Crippen molar-refractivity contribution in [2.75, 3.05) is 5.73 Å². The van der Waals surface area contributed by atoms with Crippen LogP contribution >= 0.6 is 0 Å². The molecule has 0 radical (unpaired) electrons. The molecule has 0 saturated heterocycles. The Morgan fingerprint density at radius 2 is 1.95 bits per heavy atom. The molecule has 1 fully saturated rings. The number of halogens is 1. The van der Waals surface area contributed by atoms with E-state index in [-0.39, 0.29) is 5.82 Å². The first-order chi connectivity index (χ1) is 9.08. The first kappa shape index (κ1) is 12.2. The summed E-state index contributed by atoms with van der Waals surface area (Å²) in [5.74, 6) is 1.54. The number of rotatable bonds is 3. The predicted molar refractivity (Wildman–Crippen MR) is 74.2 cm³/mol. The third kappa shape index (κ3) is 2.11. The van der Waals surface area contributed by atoms with E-state index in [1.165, 1.54) is 25.0 Å². The largest absolute Gasteiger partial charge is 0.383 e. The highest BCUT2D eigenvalue weighted by atomic mass is 19.1. The van der Waals surface area contributed by atoms with Gasteiger partial charge in [-0.05, 0) is 36.5 Å². The molecular weight excluding hydrogens is 241 g/mol. The Bertz CT molecular complexity index is 597. The first-order valence-corrected chi connectivity index (χ1v) is 6.66. The zero-order valence-electron chi connectivity index (χ0n) is 11.2. The highest BCUT2D eigenvalue weighted by molar-refractivity contribution is 5.77. The average Bonchev–Trinajstić information content (AvgIpc) is 3.19. The lowest BCUT2D eigenvalue weighted by Crippen LogP contribution is -2.00. The minimum absolute atomic E-state index is 0.233. The molecule has 100 valence electrons. The summed E-state index contributed by atoms with van der Waals surface area (Å²) in [7, 11) is 1.85. The normalized spacial score (nSPS) is 16.6. The molecule has 1 saturated carbocycles. The predicted octanol–water partition coefficient (Wildman–Crippen LogP) is 3.32. The molecule has 1 heterocycles. The van der Waals surface area contributed by atoms with Gasteiger partial charge < -0.3 is 5.73 Å². The van der Waals surface area contributed by atoms with Crippen LogP contribution in [0.25, 0.3) is 11.1 Å². The molecule has 1 atom stereocenters. The van der Waals surface area contributed by atoms with Crippen LogP contribution in [-0.2, 0) is 7.05 Å². The van der Waals surface area contributed by atoms with Crippen LogP contribution in [0.2, 0.25) is 0 Å². The van der Waals surface area contributed by atoms with Gasteiger partial charge in [-0.25, -0.2) is 4.39 Å². The van der Waals surface area contributed by atoms with Crippen molar-refractivity contribution < 1.29 is 4.39 Å². The lowest BCUT2D eigenvalue weighted by atomic mass is 9.94. The summed E-state index contributed by atoms with van der Waals surface area (Å²) >= 11 is 0. The number of aryl methyl sites for hydroxylation is 1. The Morgan fingerprint density at radius 1 is 1.32 bits per heavy atom. The lowest BCUT2D eigenvalue weighted by Gasteiger charge is -2.10. The Kier molecular flexibility index (Phi) is 2.81. The molecule has 2 N–H and O–H groups in total. The summed E-state index contributed by atoms with van der Waals surface area (Å²) < 4.78 is 14.8. The maximum atomic E-state index is 13.1. The second kappa shape index (κ2) is 4.37. The number of benzene rings is 1. The molecule has 0 aliphatic heterocycles. The number of hydrogen-bond acceptors (Lipinski definition) is 2. The van der Waals surface area contributed by atoms with Gasteiger partial charge in [0.05, 0.1) is 5.69 Å². The van der Waals surface area contributed by atoms with E-state index in [0.29, 0.717) is 17.7 Å². The zero-order valence-corrected chi connectivity index (χ0v) is 11.2. The van der Waals surface area contributed by atoms with E-state index in [9.17, 15) is 4.39 Å². The number of nitrogens with zero attached hydrogens (tertiary/aromatic N) is 2. The maximum absolute atomic E-state index is 13.1. The van der Waals surface area contributed by atoms with Crippen LogP contribution < -0.4 is 5.73 Å². The first-order valence-electron chi connectivity index (χ1n) is 6.66. The summed E-state index contributed by atoms with van der Waals surface area (Å²) in [4.78, 5) is 0. The molecule has 2 aromatic rings. The molecule has 0 spiro atoms. The molecular formula is C15H18FN3. The molecule has 3 rings (SSSR count). The lowest BCUT2D eigenvalue weighted by molar-refractivity contribution is 0.622. The van der Waals surface area contributed by atoms with Crippen molar-refractivity contribution in [1.82, 2.24) is 9.78 Å². The van der Waals surface area contributed by atoms with Crippen LogP contribution in [0.1, 0.15) is 31.4 Å². The van der Waals surface area contributed by atoms with E-state index in [4.69, 9.17) is 5.73 Å². The highest BCUT2D eigenvalue weighted by Crippen LogP contribution is 2.45. The minimum atomic E-state index is -0.233. The summed E-state index contributed by atoms with van der Waals surface area (Å²) in [6.07, 6.45) is 2.53. The number of nitrogen functional groups attached to an aromatic ring is 1. The van der Waals surface area contributed by atoms with E-state index >= 15 is 0 Å².